The van der Waals surface area contributed by atoms with Gasteiger partial charge in [-0.3, -0.25) is 9.78 Å². The van der Waals surface area contributed by atoms with Crippen LogP contribution in [-0.4, -0.2) is 26.2 Å². The summed E-state index contributed by atoms with van der Waals surface area (Å²) >= 11 is -1.36. The average molecular weight is 369 g/mol. The summed E-state index contributed by atoms with van der Waals surface area (Å²) in [4.78, 5) is 20.4. The fourth-order valence-corrected chi connectivity index (χ4v) is 3.44. The molecule has 1 N–H and O–H groups in total. The van der Waals surface area contributed by atoms with E-state index >= 15 is 0 Å². The van der Waals surface area contributed by atoms with Crippen molar-refractivity contribution in [3.8, 4) is 11.5 Å². The molecule has 1 unspecified atom stereocenters. The van der Waals surface area contributed by atoms with E-state index in [0.29, 0.717) is 23.9 Å². The van der Waals surface area contributed by atoms with E-state index in [1.165, 1.54) is 0 Å². The Bertz CT molecular complexity index is 853. The van der Waals surface area contributed by atoms with E-state index < -0.39 is 11.2 Å². The molecule has 1 aromatic carbocycles. The van der Waals surface area contributed by atoms with Crippen LogP contribution >= 0.6 is 0 Å². The minimum absolute atomic E-state index is 0.0762. The summed E-state index contributed by atoms with van der Waals surface area (Å²) in [6, 6.07) is 13.2. The molecule has 2 heterocycles. The highest BCUT2D eigenvalue weighted by molar-refractivity contribution is 7.91. The lowest BCUT2D eigenvalue weighted by atomic mass is 10.2. The van der Waals surface area contributed by atoms with Crippen molar-refractivity contribution in [3.63, 3.8) is 0 Å². The molecular weight excluding hydrogens is 350 g/mol. The Morgan fingerprint density at radius 2 is 2.04 bits per heavy atom. The number of carbonyl (C=O) groups is 1. The Kier molecular flexibility index (Phi) is 6.04. The first-order valence-corrected chi connectivity index (χ1v) is 9.63. The third-order valence-corrected chi connectivity index (χ3v) is 4.90. The first kappa shape index (κ1) is 18.2. The molecule has 0 saturated carbocycles. The normalized spacial score (nSPS) is 11.9. The fourth-order valence-electron chi connectivity index (χ4n) is 2.37. The van der Waals surface area contributed by atoms with E-state index in [2.05, 4.69) is 15.3 Å². The van der Waals surface area contributed by atoms with Crippen LogP contribution in [-0.2, 0) is 28.3 Å². The number of carbonyl (C=O) groups excluding carboxylic acids is 1. The molecule has 0 bridgehead atoms. The molecule has 0 aliphatic carbocycles. The zero-order chi connectivity index (χ0) is 18.4. The number of nitrogens with zero attached hydrogens (tertiary/aromatic N) is 2. The molecule has 134 valence electrons. The first-order valence-electron chi connectivity index (χ1n) is 8.14. The predicted octanol–water partition coefficient (Wildman–Crippen LogP) is 2.61. The van der Waals surface area contributed by atoms with Gasteiger partial charge in [-0.2, -0.15) is 0 Å². The molecule has 0 fully saturated rings. The number of benzene rings is 1. The molecule has 0 spiro atoms. The summed E-state index contributed by atoms with van der Waals surface area (Å²) in [5.41, 5.74) is 2.37. The second-order valence-electron chi connectivity index (χ2n) is 5.75. The lowest BCUT2D eigenvalue weighted by Crippen LogP contribution is -2.30. The second-order valence-corrected chi connectivity index (χ2v) is 7.21. The third-order valence-electron chi connectivity index (χ3n) is 3.72. The number of nitrogens with one attached hydrogen (secondary N) is 1. The minimum Gasteiger partial charge on any atom is -0.616 e. The summed E-state index contributed by atoms with van der Waals surface area (Å²) < 4.78 is 17.9. The number of oxazole rings is 1. The number of rotatable bonds is 7. The molecule has 2 aromatic heterocycles. The number of aryl methyl sites for hydroxylation is 1. The maximum absolute atomic E-state index is 12.3. The van der Waals surface area contributed by atoms with Crippen LogP contribution in [0, 0.1) is 6.92 Å². The van der Waals surface area contributed by atoms with E-state index in [-0.39, 0.29) is 17.4 Å². The number of hydrogen-bond donors (Lipinski definition) is 1. The molecule has 0 aliphatic rings. The van der Waals surface area contributed by atoms with E-state index in [1.54, 1.807) is 25.4 Å². The van der Waals surface area contributed by atoms with Gasteiger partial charge in [0.25, 0.3) is 5.91 Å². The molecule has 0 saturated heterocycles. The van der Waals surface area contributed by atoms with Gasteiger partial charge in [-0.15, -0.1) is 0 Å². The van der Waals surface area contributed by atoms with Gasteiger partial charge in [0.15, 0.2) is 11.5 Å². The Labute approximate surface area is 154 Å². The second kappa shape index (κ2) is 8.64. The highest BCUT2D eigenvalue weighted by atomic mass is 32.2. The van der Waals surface area contributed by atoms with Crippen molar-refractivity contribution >= 4 is 17.1 Å². The van der Waals surface area contributed by atoms with Crippen LogP contribution in [0.15, 0.2) is 59.3 Å². The summed E-state index contributed by atoms with van der Waals surface area (Å²) in [7, 11) is 0. The van der Waals surface area contributed by atoms with Crippen molar-refractivity contribution in [3.05, 3.63) is 71.9 Å². The highest BCUT2D eigenvalue weighted by Gasteiger charge is 2.19. The number of hydrogen-bond acceptors (Lipinski definition) is 5. The number of amides is 1. The van der Waals surface area contributed by atoms with E-state index in [4.69, 9.17) is 4.42 Å². The highest BCUT2D eigenvalue weighted by Crippen LogP contribution is 2.22. The third kappa shape index (κ3) is 4.93. The molecule has 6 nitrogen and oxygen atoms in total. The van der Waals surface area contributed by atoms with E-state index in [1.807, 2.05) is 36.4 Å². The van der Waals surface area contributed by atoms with Crippen molar-refractivity contribution in [1.82, 2.24) is 15.3 Å². The summed E-state index contributed by atoms with van der Waals surface area (Å²) in [5.74, 6) is 0.955. The largest absolute Gasteiger partial charge is 0.616 e. The fraction of sp³-hybridized carbons (Fsp3) is 0.211. The van der Waals surface area contributed by atoms with Gasteiger partial charge in [-0.25, -0.2) is 4.98 Å². The van der Waals surface area contributed by atoms with Crippen LogP contribution in [0.4, 0.5) is 0 Å². The summed E-state index contributed by atoms with van der Waals surface area (Å²) in [6.45, 7) is 2.15. The van der Waals surface area contributed by atoms with Crippen molar-refractivity contribution in [1.29, 1.82) is 0 Å². The summed E-state index contributed by atoms with van der Waals surface area (Å²) in [5, 5.41) is 2.75. The van der Waals surface area contributed by atoms with Gasteiger partial charge in [0.1, 0.15) is 11.5 Å². The van der Waals surface area contributed by atoms with Crippen molar-refractivity contribution in [2.75, 3.05) is 5.75 Å². The van der Waals surface area contributed by atoms with Gasteiger partial charge in [0.05, 0.1) is 0 Å². The van der Waals surface area contributed by atoms with Gasteiger partial charge in [-0.05, 0) is 41.9 Å². The van der Waals surface area contributed by atoms with Crippen LogP contribution in [0.5, 0.6) is 0 Å². The SMILES string of the molecule is Cc1oc(-c2ccccc2)nc1C[S+]([O-])CC(=O)NCc1cccnc1. The lowest BCUT2D eigenvalue weighted by Gasteiger charge is -2.10. The van der Waals surface area contributed by atoms with Crippen LogP contribution in [0.3, 0.4) is 0 Å². The average Bonchev–Trinajstić information content (AvgIpc) is 3.02. The van der Waals surface area contributed by atoms with Crippen molar-refractivity contribution in [2.24, 2.45) is 0 Å². The minimum atomic E-state index is -1.36. The summed E-state index contributed by atoms with van der Waals surface area (Å²) in [6.07, 6.45) is 3.35. The molecule has 1 atom stereocenters. The van der Waals surface area contributed by atoms with Crippen LogP contribution in [0.25, 0.3) is 11.5 Å². The molecule has 3 rings (SSSR count). The standard InChI is InChI=1S/C19H19N3O3S/c1-14-17(22-19(25-14)16-7-3-2-4-8-16)12-26(24)13-18(23)21-11-15-6-5-9-20-10-15/h2-10H,11-13H2,1H3,(H,21,23). The smallest absolute Gasteiger partial charge is 0.270 e. The molecule has 3 aromatic rings. The zero-order valence-corrected chi connectivity index (χ0v) is 15.2. The van der Waals surface area contributed by atoms with Crippen LogP contribution in [0.1, 0.15) is 17.0 Å². The van der Waals surface area contributed by atoms with Gasteiger partial charge >= 0.3 is 0 Å². The molecule has 1 amide bonds. The molecule has 0 aliphatic heterocycles. The van der Waals surface area contributed by atoms with Gasteiger partial charge in [-0.1, -0.05) is 24.3 Å². The van der Waals surface area contributed by atoms with Crippen LogP contribution < -0.4 is 5.32 Å². The monoisotopic (exact) mass is 369 g/mol. The quantitative estimate of drug-likeness (QED) is 0.647. The molecule has 0 radical (unpaired) electrons. The Balaban J connectivity index is 1.54. The maximum Gasteiger partial charge on any atom is 0.270 e. The molecular formula is C19H19N3O3S. The van der Waals surface area contributed by atoms with Gasteiger partial charge in [0, 0.05) is 24.5 Å². The maximum atomic E-state index is 12.3. The molecule has 7 heteroatoms. The van der Waals surface area contributed by atoms with Crippen molar-refractivity contribution < 1.29 is 13.8 Å². The topological polar surface area (TPSA) is 91.1 Å². The van der Waals surface area contributed by atoms with Gasteiger partial charge in [0.2, 0.25) is 5.89 Å². The lowest BCUT2D eigenvalue weighted by molar-refractivity contribution is -0.118. The number of aromatic nitrogens is 2. The van der Waals surface area contributed by atoms with E-state index in [0.717, 1.165) is 11.1 Å². The Morgan fingerprint density at radius 1 is 1.23 bits per heavy atom. The van der Waals surface area contributed by atoms with Crippen LogP contribution in [0.2, 0.25) is 0 Å². The Hall–Kier alpha value is -2.64. The predicted molar refractivity (Wildman–Crippen MR) is 99.5 cm³/mol. The van der Waals surface area contributed by atoms with Gasteiger partial charge < -0.3 is 14.3 Å². The molecule has 26 heavy (non-hydrogen) atoms. The first-order chi connectivity index (χ1) is 12.6. The van der Waals surface area contributed by atoms with E-state index in [9.17, 15) is 9.35 Å². The van der Waals surface area contributed by atoms with Crippen molar-refractivity contribution in [2.45, 2.75) is 19.2 Å². The Morgan fingerprint density at radius 3 is 2.77 bits per heavy atom. The zero-order valence-electron chi connectivity index (χ0n) is 14.3. The number of pyridine rings is 1.